The summed E-state index contributed by atoms with van der Waals surface area (Å²) in [6.45, 7) is 0. The Morgan fingerprint density at radius 3 is 3.33 bits per heavy atom. The number of nitrogens with one attached hydrogen (secondary N) is 1. The van der Waals surface area contributed by atoms with Gasteiger partial charge in [-0.05, 0) is 10.7 Å². The Kier molecular flexibility index (Phi) is 0.773. The first kappa shape index (κ1) is 4.49. The van der Waals surface area contributed by atoms with E-state index in [1.165, 1.54) is 0 Å². The second-order valence-corrected chi connectivity index (χ2v) is 1.85. The molecule has 0 aliphatic carbocycles. The summed E-state index contributed by atoms with van der Waals surface area (Å²) in [6.07, 6.45) is 3.70. The van der Waals surface area contributed by atoms with Crippen LogP contribution in [0.1, 0.15) is 5.69 Å². The number of rotatable bonds is 0. The van der Waals surface area contributed by atoms with Crippen LogP contribution in [-0.4, -0.2) is 6.21 Å². The summed E-state index contributed by atoms with van der Waals surface area (Å²) in [5.74, 6) is 0. The SMILES string of the molecule is C1=[N+]N[n+]2ccccc21. The molecule has 1 radical (unpaired) electrons. The van der Waals surface area contributed by atoms with Gasteiger partial charge in [-0.25, -0.2) is 0 Å². The highest BCUT2D eigenvalue weighted by Crippen LogP contribution is 1.85. The van der Waals surface area contributed by atoms with E-state index in [1.807, 2.05) is 29.1 Å². The maximum absolute atomic E-state index is 3.84. The Morgan fingerprint density at radius 1 is 1.44 bits per heavy atom. The first-order valence-electron chi connectivity index (χ1n) is 2.76. The van der Waals surface area contributed by atoms with Gasteiger partial charge in [0, 0.05) is 12.1 Å². The van der Waals surface area contributed by atoms with Crippen molar-refractivity contribution in [3.05, 3.63) is 30.1 Å². The summed E-state index contributed by atoms with van der Waals surface area (Å²) in [5.41, 5.74) is 3.87. The van der Waals surface area contributed by atoms with E-state index in [9.17, 15) is 0 Å². The highest BCUT2D eigenvalue weighted by molar-refractivity contribution is 5.74. The second kappa shape index (κ2) is 1.55. The molecule has 1 aliphatic rings. The van der Waals surface area contributed by atoms with Crippen LogP contribution in [-0.2, 0) is 0 Å². The molecule has 0 saturated carbocycles. The van der Waals surface area contributed by atoms with Crippen molar-refractivity contribution in [1.29, 1.82) is 0 Å². The van der Waals surface area contributed by atoms with Gasteiger partial charge < -0.3 is 0 Å². The van der Waals surface area contributed by atoms with Crippen LogP contribution < -0.4 is 15.3 Å². The largest absolute Gasteiger partial charge is 0.354 e. The molecule has 0 aromatic carbocycles. The Bertz CT molecular complexity index is 254. The molecular formula is C6H6N3+2. The average molecular weight is 120 g/mol. The normalized spacial score (nSPS) is 12.9. The molecule has 2 heterocycles. The first-order valence-corrected chi connectivity index (χ1v) is 2.76. The Balaban J connectivity index is 2.63. The lowest BCUT2D eigenvalue weighted by Crippen LogP contribution is -2.43. The predicted molar refractivity (Wildman–Crippen MR) is 33.3 cm³/mol. The number of nitrogens with zero attached hydrogens (tertiary/aromatic N) is 2. The lowest BCUT2D eigenvalue weighted by Gasteiger charge is -1.78. The third-order valence-corrected chi connectivity index (χ3v) is 1.25. The summed E-state index contributed by atoms with van der Waals surface area (Å²) in [7, 11) is 0. The Labute approximate surface area is 52.6 Å². The maximum atomic E-state index is 3.84. The van der Waals surface area contributed by atoms with Gasteiger partial charge in [-0.3, -0.25) is 0 Å². The molecule has 3 heteroatoms. The van der Waals surface area contributed by atoms with Crippen molar-refractivity contribution in [2.75, 3.05) is 5.53 Å². The number of hydrogen-bond donors (Lipinski definition) is 1. The standard InChI is InChI=1S/C6H6N3/c1-2-4-9-6(3-1)5-7-8-9/h1-5,8H/q+2. The summed E-state index contributed by atoms with van der Waals surface area (Å²) in [4.78, 5) is 0. The molecule has 1 aromatic heterocycles. The van der Waals surface area contributed by atoms with E-state index in [0.29, 0.717) is 0 Å². The van der Waals surface area contributed by atoms with Crippen molar-refractivity contribution in [1.82, 2.24) is 5.10 Å². The van der Waals surface area contributed by atoms with Gasteiger partial charge in [-0.15, -0.1) is 0 Å². The molecule has 1 aliphatic heterocycles. The number of pyridine rings is 1. The fourth-order valence-corrected chi connectivity index (χ4v) is 0.810. The molecule has 0 amide bonds. The van der Waals surface area contributed by atoms with E-state index in [2.05, 4.69) is 10.6 Å². The van der Waals surface area contributed by atoms with Crippen molar-refractivity contribution in [3.8, 4) is 0 Å². The molecule has 0 saturated heterocycles. The fourth-order valence-electron chi connectivity index (χ4n) is 0.810. The predicted octanol–water partition coefficient (Wildman–Crippen LogP) is -0.799. The minimum atomic E-state index is 1.08. The highest BCUT2D eigenvalue weighted by Gasteiger charge is 2.21. The van der Waals surface area contributed by atoms with Gasteiger partial charge in [0.2, 0.25) is 11.3 Å². The molecule has 2 rings (SSSR count). The number of hydrogen-bond acceptors (Lipinski definition) is 2. The fraction of sp³-hybridized carbons (Fsp3) is 0. The van der Waals surface area contributed by atoms with Crippen LogP contribution >= 0.6 is 0 Å². The first-order chi connectivity index (χ1) is 4.47. The molecule has 43 valence electrons. The van der Waals surface area contributed by atoms with E-state index in [-0.39, 0.29) is 0 Å². The van der Waals surface area contributed by atoms with E-state index in [0.717, 1.165) is 5.69 Å². The highest BCUT2D eigenvalue weighted by atomic mass is 15.6. The minimum absolute atomic E-state index is 1.08. The summed E-state index contributed by atoms with van der Waals surface area (Å²) in [6, 6.07) is 5.92. The van der Waals surface area contributed by atoms with Crippen molar-refractivity contribution in [2.24, 2.45) is 0 Å². The Morgan fingerprint density at radius 2 is 2.44 bits per heavy atom. The van der Waals surface area contributed by atoms with Crippen LogP contribution in [0.15, 0.2) is 24.4 Å². The number of aromatic nitrogens is 1. The van der Waals surface area contributed by atoms with Crippen LogP contribution in [0.3, 0.4) is 0 Å². The lowest BCUT2D eigenvalue weighted by atomic mass is 10.4. The van der Waals surface area contributed by atoms with Crippen LogP contribution in [0.25, 0.3) is 0 Å². The van der Waals surface area contributed by atoms with Gasteiger partial charge in [0.25, 0.3) is 0 Å². The molecule has 1 N–H and O–H groups in total. The molecule has 9 heavy (non-hydrogen) atoms. The number of fused-ring (bicyclic) bond motifs is 1. The van der Waals surface area contributed by atoms with E-state index in [1.54, 1.807) is 6.21 Å². The minimum Gasteiger partial charge on any atom is -0.0493 e. The molecule has 0 atom stereocenters. The molecule has 0 fully saturated rings. The van der Waals surface area contributed by atoms with Crippen LogP contribution in [0, 0.1) is 0 Å². The average Bonchev–Trinajstić information content (AvgIpc) is 2.33. The Hall–Kier alpha value is -1.38. The molecule has 3 nitrogen and oxygen atoms in total. The molecule has 0 unspecified atom stereocenters. The van der Waals surface area contributed by atoms with E-state index >= 15 is 0 Å². The van der Waals surface area contributed by atoms with Crippen LogP contribution in [0.2, 0.25) is 0 Å². The monoisotopic (exact) mass is 120 g/mol. The van der Waals surface area contributed by atoms with Crippen molar-refractivity contribution in [3.63, 3.8) is 0 Å². The lowest BCUT2D eigenvalue weighted by molar-refractivity contribution is -0.649. The molecule has 0 spiro atoms. The molecule has 1 aromatic rings. The quantitative estimate of drug-likeness (QED) is 0.446. The zero-order chi connectivity index (χ0) is 6.10. The second-order valence-electron chi connectivity index (χ2n) is 1.85. The van der Waals surface area contributed by atoms with Crippen LogP contribution in [0.5, 0.6) is 0 Å². The summed E-state index contributed by atoms with van der Waals surface area (Å²) >= 11 is 0. The summed E-state index contributed by atoms with van der Waals surface area (Å²) in [5, 5.41) is 3.84. The third kappa shape index (κ3) is 0.579. The molecular weight excluding hydrogens is 114 g/mol. The third-order valence-electron chi connectivity index (χ3n) is 1.25. The van der Waals surface area contributed by atoms with Crippen molar-refractivity contribution >= 4 is 6.21 Å². The van der Waals surface area contributed by atoms with Gasteiger partial charge >= 0.3 is 11.9 Å². The van der Waals surface area contributed by atoms with E-state index in [4.69, 9.17) is 0 Å². The molecule has 0 bridgehead atoms. The van der Waals surface area contributed by atoms with E-state index < -0.39 is 0 Å². The van der Waals surface area contributed by atoms with Crippen molar-refractivity contribution in [2.45, 2.75) is 0 Å². The van der Waals surface area contributed by atoms with Gasteiger partial charge in [0.1, 0.15) is 5.53 Å². The zero-order valence-corrected chi connectivity index (χ0v) is 4.78. The zero-order valence-electron chi connectivity index (χ0n) is 4.78. The number of hydrazone groups is 1. The van der Waals surface area contributed by atoms with Crippen LogP contribution in [0.4, 0.5) is 0 Å². The topological polar surface area (TPSA) is 30.0 Å². The van der Waals surface area contributed by atoms with Gasteiger partial charge in [-0.1, -0.05) is 0 Å². The van der Waals surface area contributed by atoms with Crippen molar-refractivity contribution < 1.29 is 4.68 Å². The van der Waals surface area contributed by atoms with Gasteiger partial charge in [0.15, 0.2) is 0 Å². The van der Waals surface area contributed by atoms with Gasteiger partial charge in [0.05, 0.1) is 0 Å². The maximum Gasteiger partial charge on any atom is 0.354 e. The summed E-state index contributed by atoms with van der Waals surface area (Å²) < 4.78 is 1.85. The van der Waals surface area contributed by atoms with Gasteiger partial charge in [-0.2, -0.15) is 0 Å². The smallest absolute Gasteiger partial charge is 0.0493 e.